The number of unbranched alkanes of at least 4 members (excludes halogenated alkanes) is 11. The summed E-state index contributed by atoms with van der Waals surface area (Å²) in [5.74, 6) is -2.07. The average molecular weight is 838 g/mol. The van der Waals surface area contributed by atoms with E-state index in [1.165, 1.54) is 72.1 Å². The summed E-state index contributed by atoms with van der Waals surface area (Å²) in [5, 5.41) is 3.97. The summed E-state index contributed by atoms with van der Waals surface area (Å²) in [4.78, 5) is 53.1. The van der Waals surface area contributed by atoms with Crippen LogP contribution in [0.25, 0.3) is 10.4 Å². The molecular weight excluding hydrogens is 775 g/mol. The zero-order valence-electron chi connectivity index (χ0n) is 35.7. The molecule has 3 rings (SSSR count). The molecule has 1 fully saturated rings. The van der Waals surface area contributed by atoms with E-state index in [-0.39, 0.29) is 13.2 Å². The number of methoxy groups -OCH3 is 1. The first-order valence-corrected chi connectivity index (χ1v) is 21.0. The lowest BCUT2D eigenvalue weighted by atomic mass is 9.98. The van der Waals surface area contributed by atoms with E-state index in [9.17, 15) is 24.7 Å². The van der Waals surface area contributed by atoms with E-state index < -0.39 is 73.3 Å². The fourth-order valence-corrected chi connectivity index (χ4v) is 6.72. The van der Waals surface area contributed by atoms with Crippen LogP contribution in [0.3, 0.4) is 0 Å². The first kappa shape index (κ1) is 49.4. The minimum Gasteiger partial charge on any atom is -0.497 e. The Morgan fingerprint density at radius 2 is 1.40 bits per heavy atom. The largest absolute Gasteiger partial charge is 0.497 e. The lowest BCUT2D eigenvalue weighted by Crippen LogP contribution is -2.62. The molecule has 0 saturated carbocycles. The van der Waals surface area contributed by atoms with Gasteiger partial charge >= 0.3 is 23.9 Å². The molecule has 1 saturated heterocycles. The predicted molar refractivity (Wildman–Crippen MR) is 223 cm³/mol. The second-order valence-corrected chi connectivity index (χ2v) is 14.7. The van der Waals surface area contributed by atoms with Crippen molar-refractivity contribution in [2.24, 2.45) is 5.11 Å². The summed E-state index contributed by atoms with van der Waals surface area (Å²) >= 11 is 0. The summed E-state index contributed by atoms with van der Waals surface area (Å²) in [5.41, 5.74) is 10.7. The van der Waals surface area contributed by atoms with Crippen molar-refractivity contribution in [3.63, 3.8) is 0 Å². The number of rotatable bonds is 28. The van der Waals surface area contributed by atoms with E-state index in [1.807, 2.05) is 6.08 Å². The Morgan fingerprint density at radius 1 is 0.783 bits per heavy atom. The third kappa shape index (κ3) is 18.5. The third-order valence-electron chi connectivity index (χ3n) is 9.81. The van der Waals surface area contributed by atoms with Crippen LogP contribution in [0.2, 0.25) is 0 Å². The van der Waals surface area contributed by atoms with Crippen LogP contribution in [0, 0.1) is 0 Å². The number of ether oxygens (including phenoxy) is 8. The monoisotopic (exact) mass is 837 g/mol. The Balaban J connectivity index is 1.84. The van der Waals surface area contributed by atoms with Crippen LogP contribution in [0.5, 0.6) is 5.75 Å². The maximum atomic E-state index is 13.3. The Hall–Kier alpha value is -4.95. The van der Waals surface area contributed by atoms with Crippen molar-refractivity contribution in [3.8, 4) is 5.75 Å². The number of allylic oxidation sites excluding steroid dienone is 1. The van der Waals surface area contributed by atoms with Gasteiger partial charge in [-0.1, -0.05) is 113 Å². The van der Waals surface area contributed by atoms with Crippen LogP contribution in [-0.2, 0) is 54.1 Å². The van der Waals surface area contributed by atoms with Gasteiger partial charge in [0.05, 0.1) is 25.9 Å². The van der Waals surface area contributed by atoms with Gasteiger partial charge in [0.25, 0.3) is 0 Å². The molecule has 1 aliphatic rings. The first-order valence-electron chi connectivity index (χ1n) is 21.0. The molecule has 330 valence electrons. The number of esters is 4. The molecule has 0 aromatic heterocycles. The highest BCUT2D eigenvalue weighted by Gasteiger charge is 2.52. The Morgan fingerprint density at radius 3 is 1.98 bits per heavy atom. The minimum absolute atomic E-state index is 0.0318. The highest BCUT2D eigenvalue weighted by atomic mass is 16.7. The van der Waals surface area contributed by atoms with Gasteiger partial charge in [0.15, 0.2) is 18.5 Å². The topological polar surface area (TPSA) is 191 Å². The van der Waals surface area contributed by atoms with Gasteiger partial charge in [-0.25, -0.2) is 4.79 Å². The van der Waals surface area contributed by atoms with E-state index in [1.54, 1.807) is 67.8 Å². The molecule has 15 heteroatoms. The highest BCUT2D eigenvalue weighted by Crippen LogP contribution is 2.31. The number of hydrogen-bond donors (Lipinski definition) is 0. The van der Waals surface area contributed by atoms with Crippen LogP contribution in [0.15, 0.2) is 71.9 Å². The van der Waals surface area contributed by atoms with Crippen LogP contribution in [-0.4, -0.2) is 87.1 Å². The molecule has 7 atom stereocenters. The third-order valence-corrected chi connectivity index (χ3v) is 9.81. The van der Waals surface area contributed by atoms with Crippen LogP contribution >= 0.6 is 0 Å². The smallest absolute Gasteiger partial charge is 0.338 e. The minimum atomic E-state index is -1.37. The Kier molecular flexibility index (Phi) is 23.5. The number of carbonyl (C=O) groups excluding carboxylic acids is 4. The summed E-state index contributed by atoms with van der Waals surface area (Å²) in [6.45, 7) is 5.00. The number of benzene rings is 2. The van der Waals surface area contributed by atoms with Gasteiger partial charge < -0.3 is 37.9 Å². The molecule has 1 aliphatic heterocycles. The summed E-state index contributed by atoms with van der Waals surface area (Å²) in [6, 6.07) is 14.4. The zero-order valence-corrected chi connectivity index (χ0v) is 35.7. The molecule has 1 heterocycles. The maximum absolute atomic E-state index is 13.3. The highest BCUT2D eigenvalue weighted by molar-refractivity contribution is 5.89. The molecule has 60 heavy (non-hydrogen) atoms. The predicted octanol–water partition coefficient (Wildman–Crippen LogP) is 8.91. The van der Waals surface area contributed by atoms with Crippen LogP contribution in [0.1, 0.15) is 121 Å². The van der Waals surface area contributed by atoms with Crippen molar-refractivity contribution < 1.29 is 57.1 Å². The first-order chi connectivity index (χ1) is 29.1. The van der Waals surface area contributed by atoms with Crippen molar-refractivity contribution in [1.82, 2.24) is 0 Å². The second-order valence-electron chi connectivity index (χ2n) is 14.7. The summed E-state index contributed by atoms with van der Waals surface area (Å²) in [6.07, 6.45) is 10.2. The van der Waals surface area contributed by atoms with Crippen LogP contribution < -0.4 is 4.74 Å². The van der Waals surface area contributed by atoms with E-state index in [4.69, 9.17) is 37.9 Å². The van der Waals surface area contributed by atoms with E-state index >= 15 is 0 Å². The molecule has 2 unspecified atom stereocenters. The summed E-state index contributed by atoms with van der Waals surface area (Å²) in [7, 11) is 1.55. The van der Waals surface area contributed by atoms with E-state index in [2.05, 4.69) is 16.9 Å². The lowest BCUT2D eigenvalue weighted by molar-refractivity contribution is -0.316. The van der Waals surface area contributed by atoms with E-state index in [0.717, 1.165) is 19.3 Å². The molecule has 15 nitrogen and oxygen atoms in total. The molecule has 0 bridgehead atoms. The lowest BCUT2D eigenvalue weighted by Gasteiger charge is -2.44. The molecular formula is C45H63N3O12. The molecule has 0 amide bonds. The fourth-order valence-electron chi connectivity index (χ4n) is 6.72. The van der Waals surface area contributed by atoms with Gasteiger partial charge in [0, 0.05) is 25.7 Å². The zero-order chi connectivity index (χ0) is 43.5. The summed E-state index contributed by atoms with van der Waals surface area (Å²) < 4.78 is 46.6. The van der Waals surface area contributed by atoms with E-state index in [0.29, 0.717) is 23.3 Å². The second kappa shape index (κ2) is 28.5. The van der Waals surface area contributed by atoms with Gasteiger partial charge in [-0.2, -0.15) is 0 Å². The normalized spacial score (nSPS) is 19.7. The Bertz CT molecular complexity index is 1650. The van der Waals surface area contributed by atoms with Crippen molar-refractivity contribution in [3.05, 3.63) is 88.3 Å². The van der Waals surface area contributed by atoms with Crippen molar-refractivity contribution in [1.29, 1.82) is 0 Å². The Labute approximate surface area is 354 Å². The van der Waals surface area contributed by atoms with Crippen molar-refractivity contribution >= 4 is 23.9 Å². The van der Waals surface area contributed by atoms with Gasteiger partial charge in [-0.3, -0.25) is 14.4 Å². The average Bonchev–Trinajstić information content (AvgIpc) is 3.23. The van der Waals surface area contributed by atoms with Crippen molar-refractivity contribution in [2.45, 2.75) is 154 Å². The molecule has 0 N–H and O–H groups in total. The van der Waals surface area contributed by atoms with Gasteiger partial charge in [0.2, 0.25) is 0 Å². The number of azide groups is 1. The maximum Gasteiger partial charge on any atom is 0.338 e. The van der Waals surface area contributed by atoms with Gasteiger partial charge in [-0.05, 0) is 54.3 Å². The standard InChI is InChI=1S/C45H63N3O12/c1-6-7-8-9-10-11-12-13-14-15-16-17-21-24-39(59-44(52)36-22-19-18-20-23-36)38(47-48-46)30-56-45-43(55-29-35-25-27-37(53-5)28-26-35)42(58-34(4)51)41(57-33(3)50)40(60-45)31-54-32(2)49/h18-28,38-43,45H,6-17,29-31H2,1-5H3/t38?,39?,40-,41+,42+,43-,45+/m1/s1. The molecule has 0 aliphatic carbocycles. The molecule has 2 aromatic carbocycles. The molecule has 0 spiro atoms. The van der Waals surface area contributed by atoms with Gasteiger partial charge in [0.1, 0.15) is 36.7 Å². The number of hydrogen-bond acceptors (Lipinski definition) is 13. The van der Waals surface area contributed by atoms with Crippen molar-refractivity contribution in [2.75, 3.05) is 20.3 Å². The fraction of sp³-hybridized carbons (Fsp3) is 0.600. The number of nitrogens with zero attached hydrogens (tertiary/aromatic N) is 3. The van der Waals surface area contributed by atoms with Gasteiger partial charge in [-0.15, -0.1) is 0 Å². The quantitative estimate of drug-likeness (QED) is 0.0151. The SMILES string of the molecule is CCCCCCCCCCCCCC=CC(OC(=O)c1ccccc1)C(CO[C@H]1O[C@H](COC(C)=O)[C@H](OC(C)=O)[C@H](OC(C)=O)[C@H]1OCc1ccc(OC)cc1)N=[N+]=[N-]. The van der Waals surface area contributed by atoms with Crippen LogP contribution in [0.4, 0.5) is 0 Å². The molecule has 0 radical (unpaired) electrons. The molecule has 2 aromatic rings. The number of carbonyl (C=O) groups is 4.